The minimum Gasteiger partial charge on any atom is -0.253 e. The Morgan fingerprint density at radius 1 is 0.926 bits per heavy atom. The molecule has 27 heavy (non-hydrogen) atoms. The van der Waals surface area contributed by atoms with Crippen molar-refractivity contribution in [3.63, 3.8) is 0 Å². The molecule has 0 fully saturated rings. The monoisotopic (exact) mass is 352 g/mol. The van der Waals surface area contributed by atoms with Gasteiger partial charge in [0.2, 0.25) is 5.70 Å². The lowest BCUT2D eigenvalue weighted by Gasteiger charge is -2.26. The van der Waals surface area contributed by atoms with Crippen molar-refractivity contribution in [2.45, 2.75) is 6.92 Å². The van der Waals surface area contributed by atoms with Gasteiger partial charge in [0.1, 0.15) is 11.9 Å². The SMILES string of the molecule is CC1=C2C=NC=C[N+]2(N)C(c2ccc3ccc(-c4ccccc4)nc3c2)=N1. The molecule has 5 nitrogen and oxygen atoms in total. The molecule has 0 aliphatic carbocycles. The summed E-state index contributed by atoms with van der Waals surface area (Å²) in [7, 11) is 0. The molecular weight excluding hydrogens is 334 g/mol. The van der Waals surface area contributed by atoms with Gasteiger partial charge in [0.15, 0.2) is 0 Å². The zero-order valence-corrected chi connectivity index (χ0v) is 14.9. The third-order valence-electron chi connectivity index (χ3n) is 5.00. The molecule has 2 aromatic carbocycles. The number of nitrogens with two attached hydrogens (primary N) is 1. The second-order valence-electron chi connectivity index (χ2n) is 6.73. The Labute approximate surface area is 157 Å². The average molecular weight is 352 g/mol. The van der Waals surface area contributed by atoms with E-state index in [1.54, 1.807) is 12.4 Å². The molecule has 2 N–H and O–H groups in total. The third-order valence-corrected chi connectivity index (χ3v) is 5.00. The van der Waals surface area contributed by atoms with Crippen LogP contribution in [-0.2, 0) is 0 Å². The lowest BCUT2D eigenvalue weighted by atomic mass is 10.1. The molecule has 1 aromatic heterocycles. The molecular formula is C22H18N5+. The molecule has 0 saturated heterocycles. The molecule has 2 aliphatic heterocycles. The zero-order chi connectivity index (χ0) is 18.4. The average Bonchev–Trinajstić information content (AvgIpc) is 2.98. The molecule has 1 unspecified atom stereocenters. The fraction of sp³-hybridized carbons (Fsp3) is 0.0455. The van der Waals surface area contributed by atoms with Crippen molar-refractivity contribution in [1.29, 1.82) is 0 Å². The summed E-state index contributed by atoms with van der Waals surface area (Å²) in [5.74, 6) is 7.42. The van der Waals surface area contributed by atoms with Gasteiger partial charge in [-0.25, -0.2) is 4.98 Å². The lowest BCUT2D eigenvalue weighted by Crippen LogP contribution is -2.53. The first kappa shape index (κ1) is 15.8. The number of aromatic nitrogens is 1. The summed E-state index contributed by atoms with van der Waals surface area (Å²) in [5, 5.41) is 1.08. The number of rotatable bonds is 2. The van der Waals surface area contributed by atoms with E-state index >= 15 is 0 Å². The molecule has 3 heterocycles. The van der Waals surface area contributed by atoms with E-state index in [4.69, 9.17) is 15.8 Å². The summed E-state index contributed by atoms with van der Waals surface area (Å²) in [4.78, 5) is 13.8. The predicted molar refractivity (Wildman–Crippen MR) is 108 cm³/mol. The van der Waals surface area contributed by atoms with Crippen molar-refractivity contribution >= 4 is 23.0 Å². The van der Waals surface area contributed by atoms with Gasteiger partial charge in [0.25, 0.3) is 5.84 Å². The van der Waals surface area contributed by atoms with Crippen LogP contribution in [0, 0.1) is 0 Å². The number of amidine groups is 1. The first-order valence-electron chi connectivity index (χ1n) is 8.81. The smallest absolute Gasteiger partial charge is 0.253 e. The minimum atomic E-state index is 0.0409. The molecule has 1 atom stereocenters. The summed E-state index contributed by atoms with van der Waals surface area (Å²) in [6.07, 6.45) is 5.34. The van der Waals surface area contributed by atoms with Crippen LogP contribution < -0.4 is 5.84 Å². The quantitative estimate of drug-likeness (QED) is 0.556. The van der Waals surface area contributed by atoms with E-state index < -0.39 is 0 Å². The van der Waals surface area contributed by atoms with Crippen molar-refractivity contribution < 1.29 is 4.59 Å². The Bertz CT molecular complexity index is 1190. The van der Waals surface area contributed by atoms with Gasteiger partial charge in [0, 0.05) is 10.9 Å². The van der Waals surface area contributed by atoms with Crippen LogP contribution >= 0.6 is 0 Å². The Morgan fingerprint density at radius 3 is 2.59 bits per heavy atom. The molecule has 0 saturated carbocycles. The first-order chi connectivity index (χ1) is 13.1. The van der Waals surface area contributed by atoms with Gasteiger partial charge in [-0.3, -0.25) is 4.99 Å². The fourth-order valence-electron chi connectivity index (χ4n) is 3.58. The number of allylic oxidation sites excluding steroid dienone is 2. The van der Waals surface area contributed by atoms with Crippen LogP contribution in [0.25, 0.3) is 22.2 Å². The standard InChI is InChI=1S/C22H18N5/c1-15-21-14-24-11-12-27(21,23)22(25-15)18-8-7-17-9-10-19(26-20(17)13-18)16-5-3-2-4-6-16/h2-14H,23H2,1H3/q+1. The second-order valence-corrected chi connectivity index (χ2v) is 6.73. The fourth-order valence-corrected chi connectivity index (χ4v) is 3.58. The number of aliphatic imine (C=N–C) groups is 2. The highest BCUT2D eigenvalue weighted by Gasteiger charge is 2.42. The Morgan fingerprint density at radius 2 is 1.74 bits per heavy atom. The van der Waals surface area contributed by atoms with E-state index in [0.29, 0.717) is 0 Å². The van der Waals surface area contributed by atoms with Gasteiger partial charge in [0.05, 0.1) is 29.2 Å². The van der Waals surface area contributed by atoms with Gasteiger partial charge >= 0.3 is 0 Å². The Hall–Kier alpha value is -3.41. The van der Waals surface area contributed by atoms with Crippen LogP contribution in [0.4, 0.5) is 0 Å². The van der Waals surface area contributed by atoms with Crippen molar-refractivity contribution in [3.05, 3.63) is 90.0 Å². The van der Waals surface area contributed by atoms with Crippen LogP contribution in [0.2, 0.25) is 0 Å². The maximum Gasteiger partial charge on any atom is 0.264 e. The third kappa shape index (κ3) is 2.44. The van der Waals surface area contributed by atoms with Gasteiger partial charge in [-0.05, 0) is 25.1 Å². The first-order valence-corrected chi connectivity index (χ1v) is 8.81. The number of pyridine rings is 1. The van der Waals surface area contributed by atoms with E-state index in [-0.39, 0.29) is 4.59 Å². The van der Waals surface area contributed by atoms with Crippen LogP contribution in [0.5, 0.6) is 0 Å². The Balaban J connectivity index is 1.62. The number of quaternary nitrogens is 1. The minimum absolute atomic E-state index is 0.0409. The number of benzene rings is 2. The normalized spacial score (nSPS) is 20.9. The number of hydrogen-bond acceptors (Lipinski definition) is 4. The predicted octanol–water partition coefficient (Wildman–Crippen LogP) is 4.14. The van der Waals surface area contributed by atoms with Crippen LogP contribution in [0.3, 0.4) is 0 Å². The van der Waals surface area contributed by atoms with E-state index in [1.165, 1.54) is 0 Å². The van der Waals surface area contributed by atoms with E-state index in [9.17, 15) is 0 Å². The highest BCUT2D eigenvalue weighted by molar-refractivity contribution is 6.02. The Kier molecular flexibility index (Phi) is 3.40. The van der Waals surface area contributed by atoms with Gasteiger partial charge in [-0.1, -0.05) is 42.5 Å². The molecule has 0 amide bonds. The number of fused-ring (bicyclic) bond motifs is 2. The summed E-state index contributed by atoms with van der Waals surface area (Å²) in [5.41, 5.74) is 5.69. The van der Waals surface area contributed by atoms with Gasteiger partial charge in [-0.2, -0.15) is 10.8 Å². The van der Waals surface area contributed by atoms with Crippen molar-refractivity contribution in [1.82, 2.24) is 4.98 Å². The van der Waals surface area contributed by atoms with Gasteiger partial charge < -0.3 is 0 Å². The molecule has 130 valence electrons. The van der Waals surface area contributed by atoms with Crippen molar-refractivity contribution in [2.75, 3.05) is 0 Å². The molecule has 2 aliphatic rings. The molecule has 5 heteroatoms. The summed E-state index contributed by atoms with van der Waals surface area (Å²) in [6.45, 7) is 1.96. The summed E-state index contributed by atoms with van der Waals surface area (Å²) < 4.78 is 0.0409. The maximum absolute atomic E-state index is 6.65. The van der Waals surface area contributed by atoms with Crippen LogP contribution in [0.1, 0.15) is 12.5 Å². The van der Waals surface area contributed by atoms with Crippen molar-refractivity contribution in [2.24, 2.45) is 15.8 Å². The van der Waals surface area contributed by atoms with Crippen LogP contribution in [-0.4, -0.2) is 21.6 Å². The van der Waals surface area contributed by atoms with Crippen molar-refractivity contribution in [3.8, 4) is 11.3 Å². The van der Waals surface area contributed by atoms with E-state index in [0.717, 1.165) is 45.0 Å². The molecule has 3 aromatic rings. The largest absolute Gasteiger partial charge is 0.264 e. The van der Waals surface area contributed by atoms with E-state index in [1.807, 2.05) is 37.4 Å². The van der Waals surface area contributed by atoms with Crippen LogP contribution in [0.15, 0.2) is 94.4 Å². The lowest BCUT2D eigenvalue weighted by molar-refractivity contribution is -0.750. The van der Waals surface area contributed by atoms with E-state index in [2.05, 4.69) is 41.4 Å². The molecule has 0 bridgehead atoms. The maximum atomic E-state index is 6.65. The zero-order valence-electron chi connectivity index (χ0n) is 14.9. The van der Waals surface area contributed by atoms with Gasteiger partial charge in [-0.15, -0.1) is 4.59 Å². The highest BCUT2D eigenvalue weighted by atomic mass is 15.6. The molecule has 0 radical (unpaired) electrons. The molecule has 5 rings (SSSR count). The second kappa shape index (κ2) is 5.81. The summed E-state index contributed by atoms with van der Waals surface area (Å²) >= 11 is 0. The number of hydrogen-bond donors (Lipinski definition) is 1. The number of nitrogens with zero attached hydrogens (tertiary/aromatic N) is 4. The summed E-state index contributed by atoms with van der Waals surface area (Å²) in [6, 6.07) is 20.5. The topological polar surface area (TPSA) is 63.6 Å². The highest BCUT2D eigenvalue weighted by Crippen LogP contribution is 2.31. The molecule has 0 spiro atoms.